The van der Waals surface area contributed by atoms with Gasteiger partial charge in [-0.1, -0.05) is 6.92 Å². The summed E-state index contributed by atoms with van der Waals surface area (Å²) in [5, 5.41) is 8.75. The maximum atomic E-state index is 12.3. The molecule has 0 saturated heterocycles. The molecule has 23 heavy (non-hydrogen) atoms. The molecule has 0 amide bonds. The summed E-state index contributed by atoms with van der Waals surface area (Å²) in [6.45, 7) is 4.37. The summed E-state index contributed by atoms with van der Waals surface area (Å²) < 4.78 is 35.3. The fourth-order valence-corrected chi connectivity index (χ4v) is 2.85. The van der Waals surface area contributed by atoms with Gasteiger partial charge in [-0.25, -0.2) is 0 Å². The van der Waals surface area contributed by atoms with Gasteiger partial charge >= 0.3 is 10.1 Å². The Morgan fingerprint density at radius 2 is 1.74 bits per heavy atom. The third-order valence-electron chi connectivity index (χ3n) is 2.98. The zero-order chi connectivity index (χ0) is 16.9. The highest BCUT2D eigenvalue weighted by atomic mass is 32.2. The molecule has 0 aliphatic rings. The first-order valence-electron chi connectivity index (χ1n) is 7.14. The van der Waals surface area contributed by atoms with Gasteiger partial charge in [0.1, 0.15) is 16.4 Å². The van der Waals surface area contributed by atoms with Crippen LogP contribution in [0, 0.1) is 18.3 Å². The predicted octanol–water partition coefficient (Wildman–Crippen LogP) is 3.42. The highest BCUT2D eigenvalue weighted by Gasteiger charge is 2.17. The van der Waals surface area contributed by atoms with Crippen LogP contribution in [0.5, 0.6) is 11.5 Å². The molecule has 2 aromatic rings. The molecule has 5 nitrogen and oxygen atoms in total. The first-order valence-corrected chi connectivity index (χ1v) is 8.54. The van der Waals surface area contributed by atoms with Gasteiger partial charge in [-0.05, 0) is 55.3 Å². The van der Waals surface area contributed by atoms with Gasteiger partial charge in [0.05, 0.1) is 18.2 Å². The van der Waals surface area contributed by atoms with E-state index in [-0.39, 0.29) is 10.6 Å². The first kappa shape index (κ1) is 16.8. The van der Waals surface area contributed by atoms with Gasteiger partial charge in [0.15, 0.2) is 0 Å². The van der Waals surface area contributed by atoms with Crippen LogP contribution in [0.2, 0.25) is 0 Å². The van der Waals surface area contributed by atoms with E-state index in [4.69, 9.17) is 14.2 Å². The zero-order valence-corrected chi connectivity index (χ0v) is 13.8. The van der Waals surface area contributed by atoms with E-state index < -0.39 is 10.1 Å². The third kappa shape index (κ3) is 4.47. The molecule has 0 unspecified atom stereocenters. The molecule has 0 radical (unpaired) electrons. The fraction of sp³-hybridized carbons (Fsp3) is 0.235. The third-order valence-corrected chi connectivity index (χ3v) is 4.24. The van der Waals surface area contributed by atoms with Crippen molar-refractivity contribution in [1.29, 1.82) is 5.26 Å². The number of hydrogen-bond acceptors (Lipinski definition) is 5. The fourth-order valence-electron chi connectivity index (χ4n) is 1.94. The van der Waals surface area contributed by atoms with Crippen LogP contribution in [0.15, 0.2) is 47.4 Å². The first-order chi connectivity index (χ1) is 10.9. The van der Waals surface area contributed by atoms with Gasteiger partial charge in [0.2, 0.25) is 0 Å². The lowest BCUT2D eigenvalue weighted by atomic mass is 10.2. The van der Waals surface area contributed by atoms with Crippen molar-refractivity contribution >= 4 is 10.1 Å². The molecule has 0 aliphatic heterocycles. The predicted molar refractivity (Wildman–Crippen MR) is 85.9 cm³/mol. The van der Waals surface area contributed by atoms with E-state index in [1.54, 1.807) is 12.1 Å². The Bertz CT molecular complexity index is 821. The van der Waals surface area contributed by atoms with Crippen molar-refractivity contribution in [3.05, 3.63) is 53.6 Å². The van der Waals surface area contributed by atoms with E-state index in [0.29, 0.717) is 17.9 Å². The van der Waals surface area contributed by atoms with Gasteiger partial charge in [-0.15, -0.1) is 0 Å². The Kier molecular flexibility index (Phi) is 5.24. The van der Waals surface area contributed by atoms with Crippen LogP contribution >= 0.6 is 0 Å². The Hall–Kier alpha value is -2.52. The van der Waals surface area contributed by atoms with Gasteiger partial charge in [-0.3, -0.25) is 0 Å². The maximum Gasteiger partial charge on any atom is 0.339 e. The van der Waals surface area contributed by atoms with E-state index >= 15 is 0 Å². The van der Waals surface area contributed by atoms with Gasteiger partial charge in [0, 0.05) is 6.07 Å². The van der Waals surface area contributed by atoms with Crippen LogP contribution in [-0.4, -0.2) is 15.0 Å². The van der Waals surface area contributed by atoms with E-state index in [1.807, 2.05) is 26.0 Å². The van der Waals surface area contributed by atoms with Crippen LogP contribution in [0.4, 0.5) is 0 Å². The van der Waals surface area contributed by atoms with E-state index in [1.165, 1.54) is 24.3 Å². The minimum absolute atomic E-state index is 0.00553. The molecule has 0 atom stereocenters. The largest absolute Gasteiger partial charge is 0.493 e. The summed E-state index contributed by atoms with van der Waals surface area (Å²) in [5.41, 5.74) is 1.22. The van der Waals surface area contributed by atoms with Crippen molar-refractivity contribution in [1.82, 2.24) is 0 Å². The Morgan fingerprint density at radius 3 is 2.35 bits per heavy atom. The van der Waals surface area contributed by atoms with Crippen LogP contribution in [0.1, 0.15) is 24.5 Å². The number of aryl methyl sites for hydroxylation is 1. The zero-order valence-electron chi connectivity index (χ0n) is 12.9. The summed E-state index contributed by atoms with van der Waals surface area (Å²) in [7, 11) is -3.96. The number of hydrogen-bond donors (Lipinski definition) is 0. The van der Waals surface area contributed by atoms with Crippen LogP contribution < -0.4 is 8.92 Å². The average Bonchev–Trinajstić information content (AvgIpc) is 2.52. The van der Waals surface area contributed by atoms with Crippen molar-refractivity contribution in [3.8, 4) is 17.6 Å². The highest BCUT2D eigenvalue weighted by molar-refractivity contribution is 7.87. The minimum Gasteiger partial charge on any atom is -0.493 e. The van der Waals surface area contributed by atoms with Crippen LogP contribution in [0.25, 0.3) is 0 Å². The number of benzene rings is 2. The number of nitriles is 1. The quantitative estimate of drug-likeness (QED) is 0.758. The number of rotatable bonds is 6. The molecule has 0 heterocycles. The van der Waals surface area contributed by atoms with Crippen molar-refractivity contribution in [2.75, 3.05) is 6.61 Å². The summed E-state index contributed by atoms with van der Waals surface area (Å²) in [6.07, 6.45) is 0.855. The highest BCUT2D eigenvalue weighted by Crippen LogP contribution is 2.26. The second-order valence-corrected chi connectivity index (χ2v) is 6.55. The molecule has 120 valence electrons. The molecular formula is C17H17NO4S. The Morgan fingerprint density at radius 1 is 1.09 bits per heavy atom. The average molecular weight is 331 g/mol. The number of nitrogens with zero attached hydrogens (tertiary/aromatic N) is 1. The lowest BCUT2D eigenvalue weighted by Gasteiger charge is -2.11. The van der Waals surface area contributed by atoms with Gasteiger partial charge in [0.25, 0.3) is 0 Å². The second-order valence-electron chi connectivity index (χ2n) is 5.00. The topological polar surface area (TPSA) is 76.4 Å². The van der Waals surface area contributed by atoms with E-state index in [2.05, 4.69) is 0 Å². The van der Waals surface area contributed by atoms with Crippen LogP contribution in [0.3, 0.4) is 0 Å². The summed E-state index contributed by atoms with van der Waals surface area (Å²) in [4.78, 5) is -0.00553. The van der Waals surface area contributed by atoms with Crippen LogP contribution in [-0.2, 0) is 10.1 Å². The molecule has 0 N–H and O–H groups in total. The molecule has 0 spiro atoms. The lowest BCUT2D eigenvalue weighted by Crippen LogP contribution is -2.10. The van der Waals surface area contributed by atoms with Crippen molar-refractivity contribution < 1.29 is 17.3 Å². The standard InChI is InChI=1S/C17H17NO4S/c1-3-8-21-15-9-13(2)10-16(11-15)22-23(19,20)17-6-4-14(12-18)5-7-17/h4-7,9-11H,3,8H2,1-2H3. The minimum atomic E-state index is -3.96. The lowest BCUT2D eigenvalue weighted by molar-refractivity contribution is 0.316. The molecule has 2 aromatic carbocycles. The Labute approximate surface area is 136 Å². The van der Waals surface area contributed by atoms with Gasteiger partial charge in [-0.2, -0.15) is 13.7 Å². The monoisotopic (exact) mass is 331 g/mol. The van der Waals surface area contributed by atoms with E-state index in [0.717, 1.165) is 12.0 Å². The van der Waals surface area contributed by atoms with E-state index in [9.17, 15) is 8.42 Å². The molecule has 0 saturated carbocycles. The summed E-state index contributed by atoms with van der Waals surface area (Å²) in [6, 6.07) is 12.5. The number of ether oxygens (including phenoxy) is 1. The van der Waals surface area contributed by atoms with Crippen molar-refractivity contribution in [2.45, 2.75) is 25.2 Å². The summed E-state index contributed by atoms with van der Waals surface area (Å²) >= 11 is 0. The maximum absolute atomic E-state index is 12.3. The normalized spacial score (nSPS) is 10.8. The van der Waals surface area contributed by atoms with Gasteiger partial charge < -0.3 is 8.92 Å². The molecular weight excluding hydrogens is 314 g/mol. The SMILES string of the molecule is CCCOc1cc(C)cc(OS(=O)(=O)c2ccc(C#N)cc2)c1. The molecule has 0 aliphatic carbocycles. The smallest absolute Gasteiger partial charge is 0.339 e. The summed E-state index contributed by atoms with van der Waals surface area (Å²) in [5.74, 6) is 0.761. The molecule has 2 rings (SSSR count). The molecule has 0 fully saturated rings. The second kappa shape index (κ2) is 7.16. The Balaban J connectivity index is 2.25. The molecule has 6 heteroatoms. The molecule has 0 bridgehead atoms. The van der Waals surface area contributed by atoms with Crippen molar-refractivity contribution in [3.63, 3.8) is 0 Å². The van der Waals surface area contributed by atoms with Crippen molar-refractivity contribution in [2.24, 2.45) is 0 Å². The molecule has 0 aromatic heterocycles.